The number of aliphatic hydroxyl groups is 1. The lowest BCUT2D eigenvalue weighted by Crippen LogP contribution is -1.85. The van der Waals surface area contributed by atoms with Gasteiger partial charge in [-0.2, -0.15) is 0 Å². The van der Waals surface area contributed by atoms with Crippen LogP contribution in [0, 0.1) is 0 Å². The van der Waals surface area contributed by atoms with Crippen LogP contribution in [-0.4, -0.2) is 11.2 Å². The number of hydrogen-bond donors (Lipinski definition) is 1. The molecular weight excluding hydrogens is 160 g/mol. The number of hydrogen-bond acceptors (Lipinski definition) is 1. The van der Waals surface area contributed by atoms with Gasteiger partial charge in [-0.3, -0.25) is 0 Å². The second kappa shape index (κ2) is 6.20. The highest BCUT2D eigenvalue weighted by molar-refractivity contribution is 6.30. The molecule has 0 radical (unpaired) electrons. The molecule has 1 nitrogen and oxygen atoms in total. The molecule has 0 heterocycles. The van der Waals surface area contributed by atoms with Gasteiger partial charge in [0, 0.05) is 11.1 Å². The van der Waals surface area contributed by atoms with E-state index in [2.05, 4.69) is 0 Å². The van der Waals surface area contributed by atoms with Gasteiger partial charge in [-0.15, -0.1) is 0 Å². The molecule has 2 heteroatoms. The molecule has 0 aliphatic rings. The van der Waals surface area contributed by atoms with E-state index in [1.165, 1.54) is 0 Å². The quantitative estimate of drug-likeness (QED) is 0.638. The molecule has 0 saturated heterocycles. The predicted octanol–water partition coefficient (Wildman–Crippen LogP) is 2.73. The average Bonchev–Trinajstić information content (AvgIpc) is 1.87. The summed E-state index contributed by atoms with van der Waals surface area (Å²) in [4.78, 5) is 0. The molecule has 0 aliphatic carbocycles. The first-order valence-corrected chi connectivity index (χ1v) is 3.89. The van der Waals surface area contributed by atoms with E-state index in [4.69, 9.17) is 16.7 Å². The van der Waals surface area contributed by atoms with Gasteiger partial charge < -0.3 is 5.11 Å². The van der Waals surface area contributed by atoms with Crippen LogP contribution < -0.4 is 0 Å². The van der Waals surface area contributed by atoms with Gasteiger partial charge in [-0.05, 0) is 26.0 Å². The lowest BCUT2D eigenvalue weighted by molar-refractivity contribution is 0.216. The third-order valence-corrected chi connectivity index (χ3v) is 0.985. The molecule has 1 rings (SSSR count). The van der Waals surface area contributed by atoms with Crippen LogP contribution in [0.2, 0.25) is 5.02 Å². The highest BCUT2D eigenvalue weighted by Crippen LogP contribution is 2.03. The number of halogens is 1. The maximum Gasteiger partial charge on any atom is 0.0483 e. The molecule has 0 saturated carbocycles. The molecule has 0 bridgehead atoms. The molecule has 0 aliphatic heterocycles. The Hall–Kier alpha value is -0.530. The maximum absolute atomic E-state index is 8.06. The molecule has 1 N–H and O–H groups in total. The summed E-state index contributed by atoms with van der Waals surface area (Å²) in [6.45, 7) is 3.44. The topological polar surface area (TPSA) is 20.2 Å². The average molecular weight is 173 g/mol. The summed E-state index contributed by atoms with van der Waals surface area (Å²) in [5.74, 6) is 0. The Morgan fingerprint density at radius 1 is 1.18 bits per heavy atom. The summed E-state index contributed by atoms with van der Waals surface area (Å²) in [6.07, 6.45) is -0.167. The minimum absolute atomic E-state index is 0.167. The van der Waals surface area contributed by atoms with E-state index in [9.17, 15) is 0 Å². The fraction of sp³-hybridized carbons (Fsp3) is 0.333. The SMILES string of the molecule is CC(C)O.Clc1ccccc1. The van der Waals surface area contributed by atoms with Gasteiger partial charge >= 0.3 is 0 Å². The van der Waals surface area contributed by atoms with Gasteiger partial charge in [0.2, 0.25) is 0 Å². The summed E-state index contributed by atoms with van der Waals surface area (Å²) >= 11 is 5.54. The van der Waals surface area contributed by atoms with Crippen molar-refractivity contribution < 1.29 is 5.11 Å². The molecular formula is C9H13ClO. The minimum Gasteiger partial charge on any atom is -0.394 e. The zero-order valence-corrected chi connectivity index (χ0v) is 7.55. The summed E-state index contributed by atoms with van der Waals surface area (Å²) in [5, 5.41) is 8.85. The lowest BCUT2D eigenvalue weighted by atomic mass is 10.4. The smallest absolute Gasteiger partial charge is 0.0483 e. The van der Waals surface area contributed by atoms with Crippen LogP contribution in [0.3, 0.4) is 0 Å². The molecule has 1 aromatic carbocycles. The second-order valence-corrected chi connectivity index (χ2v) is 2.83. The van der Waals surface area contributed by atoms with E-state index in [0.717, 1.165) is 5.02 Å². The van der Waals surface area contributed by atoms with Crippen LogP contribution in [0.15, 0.2) is 30.3 Å². The molecule has 0 aromatic heterocycles. The summed E-state index contributed by atoms with van der Waals surface area (Å²) in [7, 11) is 0. The van der Waals surface area contributed by atoms with Crippen molar-refractivity contribution in [2.45, 2.75) is 20.0 Å². The van der Waals surface area contributed by atoms with Gasteiger partial charge in [0.1, 0.15) is 0 Å². The third kappa shape index (κ3) is 9.47. The first-order valence-electron chi connectivity index (χ1n) is 3.51. The molecule has 0 atom stereocenters. The van der Waals surface area contributed by atoms with E-state index in [-0.39, 0.29) is 6.10 Å². The molecule has 0 spiro atoms. The van der Waals surface area contributed by atoms with Gasteiger partial charge in [0.25, 0.3) is 0 Å². The molecule has 11 heavy (non-hydrogen) atoms. The van der Waals surface area contributed by atoms with E-state index < -0.39 is 0 Å². The van der Waals surface area contributed by atoms with Gasteiger partial charge in [0.05, 0.1) is 0 Å². The monoisotopic (exact) mass is 172 g/mol. The van der Waals surface area contributed by atoms with Crippen molar-refractivity contribution in [3.8, 4) is 0 Å². The van der Waals surface area contributed by atoms with Crippen LogP contribution in [0.4, 0.5) is 0 Å². The fourth-order valence-corrected chi connectivity index (χ4v) is 0.560. The Labute approximate surface area is 72.6 Å². The Bertz CT molecular complexity index is 169. The first-order chi connectivity index (χ1) is 5.13. The van der Waals surface area contributed by atoms with Crippen LogP contribution in [-0.2, 0) is 0 Å². The van der Waals surface area contributed by atoms with Crippen LogP contribution in [0.1, 0.15) is 13.8 Å². The van der Waals surface area contributed by atoms with Crippen LogP contribution >= 0.6 is 11.6 Å². The van der Waals surface area contributed by atoms with E-state index in [1.807, 2.05) is 30.3 Å². The molecule has 62 valence electrons. The normalized spacial score (nSPS) is 8.82. The zero-order valence-electron chi connectivity index (χ0n) is 6.79. The number of benzene rings is 1. The summed E-state index contributed by atoms with van der Waals surface area (Å²) in [5.41, 5.74) is 0. The zero-order chi connectivity index (χ0) is 8.69. The highest BCUT2D eigenvalue weighted by atomic mass is 35.5. The Morgan fingerprint density at radius 3 is 1.73 bits per heavy atom. The predicted molar refractivity (Wildman–Crippen MR) is 48.8 cm³/mol. The number of aliphatic hydroxyl groups excluding tert-OH is 1. The van der Waals surface area contributed by atoms with Crippen molar-refractivity contribution in [3.63, 3.8) is 0 Å². The van der Waals surface area contributed by atoms with Crippen molar-refractivity contribution in [3.05, 3.63) is 35.4 Å². The Morgan fingerprint density at radius 2 is 1.55 bits per heavy atom. The van der Waals surface area contributed by atoms with Crippen molar-refractivity contribution in [2.75, 3.05) is 0 Å². The molecule has 0 amide bonds. The minimum atomic E-state index is -0.167. The first kappa shape index (κ1) is 10.5. The fourth-order valence-electron chi connectivity index (χ4n) is 0.415. The lowest BCUT2D eigenvalue weighted by Gasteiger charge is -1.80. The van der Waals surface area contributed by atoms with Crippen molar-refractivity contribution in [2.24, 2.45) is 0 Å². The molecule has 0 fully saturated rings. The number of rotatable bonds is 0. The van der Waals surface area contributed by atoms with Crippen molar-refractivity contribution in [1.82, 2.24) is 0 Å². The Balaban J connectivity index is 0.000000218. The van der Waals surface area contributed by atoms with E-state index >= 15 is 0 Å². The summed E-state index contributed by atoms with van der Waals surface area (Å²) in [6, 6.07) is 9.44. The van der Waals surface area contributed by atoms with Gasteiger partial charge in [-0.1, -0.05) is 29.8 Å². The summed E-state index contributed by atoms with van der Waals surface area (Å²) < 4.78 is 0. The standard InChI is InChI=1S/C6H5Cl.C3H8O/c7-6-4-2-1-3-5-6;1-3(2)4/h1-5H;3-4H,1-2H3. The molecule has 0 unspecified atom stereocenters. The Kier molecular flexibility index (Phi) is 5.90. The van der Waals surface area contributed by atoms with Gasteiger partial charge in [0.15, 0.2) is 0 Å². The second-order valence-electron chi connectivity index (χ2n) is 2.39. The maximum atomic E-state index is 8.06. The van der Waals surface area contributed by atoms with Crippen LogP contribution in [0.25, 0.3) is 0 Å². The van der Waals surface area contributed by atoms with Crippen LogP contribution in [0.5, 0.6) is 0 Å². The van der Waals surface area contributed by atoms with Crippen molar-refractivity contribution >= 4 is 11.6 Å². The van der Waals surface area contributed by atoms with Gasteiger partial charge in [-0.25, -0.2) is 0 Å². The van der Waals surface area contributed by atoms with Crippen molar-refractivity contribution in [1.29, 1.82) is 0 Å². The largest absolute Gasteiger partial charge is 0.394 e. The molecule has 1 aromatic rings. The van der Waals surface area contributed by atoms with E-state index in [1.54, 1.807) is 13.8 Å². The third-order valence-electron chi connectivity index (χ3n) is 0.733. The highest BCUT2D eigenvalue weighted by Gasteiger charge is 1.74. The van der Waals surface area contributed by atoms with E-state index in [0.29, 0.717) is 0 Å².